The molecule has 0 aliphatic carbocycles. The largest absolute Gasteiger partial charge is 0.297 e. The molecule has 0 N–H and O–H groups in total. The first-order valence-electron chi connectivity index (χ1n) is 1.78. The van der Waals surface area contributed by atoms with Crippen molar-refractivity contribution in [3.05, 3.63) is 26.9 Å². The molecular weight excluding hydrogens is 74.1 g/mol. The first kappa shape index (κ1) is 5.96. The van der Waals surface area contributed by atoms with Crippen LogP contribution in [0.2, 0.25) is 0 Å². The highest BCUT2D eigenvalue weighted by Crippen LogP contribution is 1.85. The zero-order chi connectivity index (χ0) is 4.99. The molecule has 0 rings (SSSR count). The molecule has 0 bridgehead atoms. The quantitative estimate of drug-likeness (QED) is 0.479. The fourth-order valence-electron chi connectivity index (χ4n) is 0.0745. The molecule has 0 saturated heterocycles. The molecule has 0 saturated carbocycles. The lowest BCUT2D eigenvalue weighted by molar-refractivity contribution is 0.535. The maximum absolute atomic E-state index is 3.49. The summed E-state index contributed by atoms with van der Waals surface area (Å²) in [5.41, 5.74) is 0. The number of nitrogens with zero attached hydrogens (tertiary/aromatic N) is 1. The topological polar surface area (TPSA) is 3.24 Å². The van der Waals surface area contributed by atoms with Crippen molar-refractivity contribution in [3.8, 4) is 0 Å². The van der Waals surface area contributed by atoms with E-state index in [4.69, 9.17) is 0 Å². The van der Waals surface area contributed by atoms with Crippen LogP contribution in [0.15, 0.2) is 0 Å². The van der Waals surface area contributed by atoms with E-state index in [2.05, 4.69) is 13.8 Å². The predicted octanol–water partition coefficient (Wildman–Crippen LogP) is 0.910. The summed E-state index contributed by atoms with van der Waals surface area (Å²) in [6.45, 7) is 10.3. The standard InChI is InChI=1S/C5H9N/c1-4-6(3)5-2/h4-5H,1-2H2,3H3. The second-order valence-corrected chi connectivity index (χ2v) is 1.03. The van der Waals surface area contributed by atoms with Crippen LogP contribution in [-0.2, 0) is 0 Å². The van der Waals surface area contributed by atoms with Crippen molar-refractivity contribution in [2.24, 2.45) is 0 Å². The third-order valence-corrected chi connectivity index (χ3v) is 0.576. The molecule has 0 atom stereocenters. The molecule has 0 amide bonds. The Morgan fingerprint density at radius 1 is 1.33 bits per heavy atom. The number of hydrogen-bond donors (Lipinski definition) is 0. The monoisotopic (exact) mass is 83.1 g/mol. The highest BCUT2D eigenvalue weighted by molar-refractivity contribution is 4.75. The van der Waals surface area contributed by atoms with E-state index < -0.39 is 0 Å². The van der Waals surface area contributed by atoms with Gasteiger partial charge in [0, 0.05) is 13.1 Å². The van der Waals surface area contributed by atoms with E-state index in [9.17, 15) is 0 Å². The van der Waals surface area contributed by atoms with Gasteiger partial charge in [0.2, 0.25) is 0 Å². The van der Waals surface area contributed by atoms with Crippen molar-refractivity contribution in [2.75, 3.05) is 7.05 Å². The molecule has 0 aromatic rings. The molecule has 0 fully saturated rings. The van der Waals surface area contributed by atoms with Gasteiger partial charge in [-0.2, -0.15) is 0 Å². The lowest BCUT2D eigenvalue weighted by Crippen LogP contribution is -2.06. The van der Waals surface area contributed by atoms with E-state index in [0.29, 0.717) is 0 Å². The van der Waals surface area contributed by atoms with Crippen LogP contribution in [0.4, 0.5) is 0 Å². The van der Waals surface area contributed by atoms with E-state index in [1.807, 2.05) is 7.05 Å². The van der Waals surface area contributed by atoms with Crippen LogP contribution in [-0.4, -0.2) is 11.9 Å². The summed E-state index contributed by atoms with van der Waals surface area (Å²) in [5, 5.41) is 0. The summed E-state index contributed by atoms with van der Waals surface area (Å²) in [4.78, 5) is 1.78. The minimum Gasteiger partial charge on any atom is -0.297 e. The van der Waals surface area contributed by atoms with Gasteiger partial charge in [-0.1, -0.05) is 0 Å². The normalized spacial score (nSPS) is 10.0. The Labute approximate surface area is 40.0 Å². The highest BCUT2D eigenvalue weighted by atomic mass is 15.1. The summed E-state index contributed by atoms with van der Waals surface area (Å²) in [6, 6.07) is 0. The first-order chi connectivity index (χ1) is 2.81. The first-order valence-corrected chi connectivity index (χ1v) is 1.78. The van der Waals surface area contributed by atoms with Crippen LogP contribution in [0.5, 0.6) is 0 Å². The van der Waals surface area contributed by atoms with Gasteiger partial charge in [-0.3, -0.25) is 4.90 Å². The van der Waals surface area contributed by atoms with Gasteiger partial charge in [-0.05, 0) is 20.9 Å². The highest BCUT2D eigenvalue weighted by Gasteiger charge is 1.83. The van der Waals surface area contributed by atoms with Crippen molar-refractivity contribution in [3.63, 3.8) is 0 Å². The molecule has 4 radical (unpaired) electrons. The Balaban J connectivity index is 2.75. The average Bonchev–Trinajstić information content (AvgIpc) is 1.65. The summed E-state index contributed by atoms with van der Waals surface area (Å²) in [6.07, 6.45) is 0. The zero-order valence-corrected chi connectivity index (χ0v) is 4.02. The molecule has 34 valence electrons. The molecule has 0 spiro atoms. The number of rotatable bonds is 2. The Morgan fingerprint density at radius 2 is 1.67 bits per heavy atom. The molecule has 0 aliphatic heterocycles. The summed E-state index contributed by atoms with van der Waals surface area (Å²) >= 11 is 0. The van der Waals surface area contributed by atoms with Gasteiger partial charge >= 0.3 is 0 Å². The van der Waals surface area contributed by atoms with Gasteiger partial charge < -0.3 is 0 Å². The van der Waals surface area contributed by atoms with E-state index in [0.717, 1.165) is 0 Å². The van der Waals surface area contributed by atoms with Crippen LogP contribution in [0.25, 0.3) is 0 Å². The smallest absolute Gasteiger partial charge is 0.0252 e. The molecule has 0 aliphatic rings. The van der Waals surface area contributed by atoms with E-state index in [-0.39, 0.29) is 0 Å². The van der Waals surface area contributed by atoms with Crippen LogP contribution in [0.1, 0.15) is 0 Å². The molecule has 0 unspecified atom stereocenters. The fraction of sp³-hybridized carbons (Fsp3) is 0.200. The van der Waals surface area contributed by atoms with Crippen molar-refractivity contribution < 1.29 is 0 Å². The van der Waals surface area contributed by atoms with Crippen LogP contribution in [0, 0.1) is 26.9 Å². The Hall–Kier alpha value is -0.0400. The predicted molar refractivity (Wildman–Crippen MR) is 27.1 cm³/mol. The van der Waals surface area contributed by atoms with Gasteiger partial charge in [0.1, 0.15) is 0 Å². The number of hydrogen-bond acceptors (Lipinski definition) is 1. The maximum atomic E-state index is 3.49. The molecule has 0 aromatic carbocycles. The average molecular weight is 83.1 g/mol. The zero-order valence-electron chi connectivity index (χ0n) is 4.02. The second kappa shape index (κ2) is 3.16. The van der Waals surface area contributed by atoms with Crippen molar-refractivity contribution in [2.45, 2.75) is 0 Å². The third kappa shape index (κ3) is 2.21. The van der Waals surface area contributed by atoms with Crippen LogP contribution in [0.3, 0.4) is 0 Å². The second-order valence-electron chi connectivity index (χ2n) is 1.03. The lowest BCUT2D eigenvalue weighted by Gasteiger charge is -2.05. The minimum atomic E-state index is 1.69. The van der Waals surface area contributed by atoms with Gasteiger partial charge in [0.05, 0.1) is 0 Å². The molecule has 1 nitrogen and oxygen atoms in total. The van der Waals surface area contributed by atoms with Gasteiger partial charge in [0.25, 0.3) is 0 Å². The van der Waals surface area contributed by atoms with Crippen LogP contribution >= 0.6 is 0 Å². The molecule has 0 heterocycles. The molecule has 6 heavy (non-hydrogen) atoms. The van der Waals surface area contributed by atoms with E-state index >= 15 is 0 Å². The van der Waals surface area contributed by atoms with Crippen molar-refractivity contribution in [1.82, 2.24) is 4.90 Å². The summed E-state index contributed by atoms with van der Waals surface area (Å²) < 4.78 is 0. The SMILES string of the molecule is [CH2][CH]N(C)[CH][CH2]. The lowest BCUT2D eigenvalue weighted by atomic mass is 10.6. The van der Waals surface area contributed by atoms with Crippen molar-refractivity contribution >= 4 is 0 Å². The Morgan fingerprint density at radius 3 is 1.67 bits per heavy atom. The third-order valence-electron chi connectivity index (χ3n) is 0.576. The van der Waals surface area contributed by atoms with Crippen LogP contribution < -0.4 is 0 Å². The molecule has 1 heteroatoms. The summed E-state index contributed by atoms with van der Waals surface area (Å²) in [7, 11) is 1.88. The summed E-state index contributed by atoms with van der Waals surface area (Å²) in [5.74, 6) is 0. The Kier molecular flexibility index (Phi) is 3.14. The van der Waals surface area contributed by atoms with Crippen molar-refractivity contribution in [1.29, 1.82) is 0 Å². The van der Waals surface area contributed by atoms with Gasteiger partial charge in [0.15, 0.2) is 0 Å². The molecule has 0 aromatic heterocycles. The minimum absolute atomic E-state index is 1.69. The maximum Gasteiger partial charge on any atom is 0.0252 e. The Bertz CT molecular complexity index is 23.1. The van der Waals surface area contributed by atoms with Gasteiger partial charge in [-0.15, -0.1) is 0 Å². The van der Waals surface area contributed by atoms with E-state index in [1.54, 1.807) is 18.0 Å². The molecular formula is C5H9N. The van der Waals surface area contributed by atoms with E-state index in [1.165, 1.54) is 0 Å². The fourth-order valence-corrected chi connectivity index (χ4v) is 0.0745. The van der Waals surface area contributed by atoms with Gasteiger partial charge in [-0.25, -0.2) is 0 Å².